The van der Waals surface area contributed by atoms with Crippen LogP contribution in [0.1, 0.15) is 5.56 Å². The fourth-order valence-corrected chi connectivity index (χ4v) is 1.70. The van der Waals surface area contributed by atoms with E-state index in [1.54, 1.807) is 12.1 Å². The zero-order valence-corrected chi connectivity index (χ0v) is 10.0. The molecule has 0 atom stereocenters. The summed E-state index contributed by atoms with van der Waals surface area (Å²) in [6.07, 6.45) is 3.69. The van der Waals surface area contributed by atoms with E-state index in [0.717, 1.165) is 11.3 Å². The Balaban J connectivity index is 2.00. The molecule has 18 heavy (non-hydrogen) atoms. The number of hydrogen-bond acceptors (Lipinski definition) is 2. The number of nitrogens with one attached hydrogen (secondary N) is 2. The van der Waals surface area contributed by atoms with E-state index >= 15 is 0 Å². The molecule has 96 valence electrons. The van der Waals surface area contributed by atoms with E-state index in [1.807, 2.05) is 18.5 Å². The molecule has 0 bridgehead atoms. The van der Waals surface area contributed by atoms with Crippen LogP contribution in [0.4, 0.5) is 14.5 Å². The third-order valence-corrected chi connectivity index (χ3v) is 2.60. The molecule has 0 aliphatic rings. The van der Waals surface area contributed by atoms with Gasteiger partial charge in [-0.2, -0.15) is 8.78 Å². The van der Waals surface area contributed by atoms with Crippen molar-refractivity contribution in [3.05, 3.63) is 47.2 Å². The summed E-state index contributed by atoms with van der Waals surface area (Å²) in [6, 6.07) is 6.53. The van der Waals surface area contributed by atoms with Crippen molar-refractivity contribution in [1.82, 2.24) is 4.98 Å². The van der Waals surface area contributed by atoms with Crippen LogP contribution in [0.15, 0.2) is 36.7 Å². The van der Waals surface area contributed by atoms with Crippen LogP contribution >= 0.6 is 11.6 Å². The van der Waals surface area contributed by atoms with Gasteiger partial charge in [-0.05, 0) is 29.8 Å². The van der Waals surface area contributed by atoms with E-state index in [1.165, 1.54) is 6.07 Å². The van der Waals surface area contributed by atoms with Gasteiger partial charge >= 0.3 is 6.61 Å². The number of halogens is 3. The van der Waals surface area contributed by atoms with E-state index in [4.69, 9.17) is 11.6 Å². The molecule has 0 saturated carbocycles. The van der Waals surface area contributed by atoms with Crippen LogP contribution in [0.3, 0.4) is 0 Å². The lowest BCUT2D eigenvalue weighted by Crippen LogP contribution is -2.03. The molecule has 1 heterocycles. The highest BCUT2D eigenvalue weighted by Crippen LogP contribution is 2.29. The van der Waals surface area contributed by atoms with Gasteiger partial charge < -0.3 is 15.0 Å². The van der Waals surface area contributed by atoms with Gasteiger partial charge in [-0.3, -0.25) is 0 Å². The third-order valence-electron chi connectivity index (χ3n) is 2.31. The molecule has 0 radical (unpaired) electrons. The number of aromatic nitrogens is 1. The first-order valence-electron chi connectivity index (χ1n) is 5.25. The highest BCUT2D eigenvalue weighted by molar-refractivity contribution is 6.32. The van der Waals surface area contributed by atoms with Crippen molar-refractivity contribution in [3.63, 3.8) is 0 Å². The van der Waals surface area contributed by atoms with Crippen LogP contribution in [0.5, 0.6) is 5.75 Å². The van der Waals surface area contributed by atoms with Gasteiger partial charge in [0, 0.05) is 24.6 Å². The first-order chi connectivity index (χ1) is 8.65. The smallest absolute Gasteiger partial charge is 0.387 e. The molecule has 2 rings (SSSR count). The van der Waals surface area contributed by atoms with E-state index in [0.29, 0.717) is 6.54 Å². The van der Waals surface area contributed by atoms with Gasteiger partial charge in [0.05, 0.1) is 5.02 Å². The minimum atomic E-state index is -2.87. The summed E-state index contributed by atoms with van der Waals surface area (Å²) in [4.78, 5) is 2.94. The Hall–Kier alpha value is -1.75. The molecule has 0 amide bonds. The van der Waals surface area contributed by atoms with Gasteiger partial charge in [0.2, 0.25) is 0 Å². The van der Waals surface area contributed by atoms with Crippen molar-refractivity contribution in [2.24, 2.45) is 0 Å². The largest absolute Gasteiger partial charge is 0.433 e. The SMILES string of the molecule is FC(F)Oc1ccc(NCc2cc[nH]c2)cc1Cl. The highest BCUT2D eigenvalue weighted by Gasteiger charge is 2.08. The first-order valence-corrected chi connectivity index (χ1v) is 5.63. The van der Waals surface area contributed by atoms with Gasteiger partial charge in [0.1, 0.15) is 5.75 Å². The lowest BCUT2D eigenvalue weighted by atomic mass is 10.2. The monoisotopic (exact) mass is 272 g/mol. The van der Waals surface area contributed by atoms with Crippen LogP contribution in [0, 0.1) is 0 Å². The van der Waals surface area contributed by atoms with E-state index < -0.39 is 6.61 Å². The normalized spacial score (nSPS) is 10.7. The molecule has 0 unspecified atom stereocenters. The van der Waals surface area contributed by atoms with Crippen LogP contribution in [-0.2, 0) is 6.54 Å². The first kappa shape index (κ1) is 12.7. The van der Waals surface area contributed by atoms with E-state index in [2.05, 4.69) is 15.0 Å². The fourth-order valence-electron chi connectivity index (χ4n) is 1.47. The molecular formula is C12H11ClF2N2O. The molecule has 6 heteroatoms. The van der Waals surface area contributed by atoms with Gasteiger partial charge in [0.25, 0.3) is 0 Å². The van der Waals surface area contributed by atoms with Crippen molar-refractivity contribution in [3.8, 4) is 5.75 Å². The lowest BCUT2D eigenvalue weighted by Gasteiger charge is -2.09. The second-order valence-electron chi connectivity index (χ2n) is 3.60. The summed E-state index contributed by atoms with van der Waals surface area (Å²) in [5, 5.41) is 3.27. The number of aromatic amines is 1. The summed E-state index contributed by atoms with van der Waals surface area (Å²) < 4.78 is 28.3. The molecule has 0 aliphatic carbocycles. The maximum Gasteiger partial charge on any atom is 0.387 e. The molecule has 3 nitrogen and oxygen atoms in total. The Morgan fingerprint density at radius 1 is 1.33 bits per heavy atom. The quantitative estimate of drug-likeness (QED) is 0.867. The molecule has 1 aromatic heterocycles. The second-order valence-corrected chi connectivity index (χ2v) is 4.00. The second kappa shape index (κ2) is 5.73. The number of alkyl halides is 2. The zero-order chi connectivity index (χ0) is 13.0. The molecule has 0 saturated heterocycles. The lowest BCUT2D eigenvalue weighted by molar-refractivity contribution is -0.0497. The third kappa shape index (κ3) is 3.37. The standard InChI is InChI=1S/C12H11ClF2N2O/c13-10-5-9(1-2-11(10)18-12(14)15)17-7-8-3-4-16-6-8/h1-6,12,16-17H,7H2. The number of benzene rings is 1. The average molecular weight is 273 g/mol. The predicted octanol–water partition coefficient (Wildman–Crippen LogP) is 3.88. The van der Waals surface area contributed by atoms with Crippen molar-refractivity contribution < 1.29 is 13.5 Å². The zero-order valence-electron chi connectivity index (χ0n) is 9.29. The topological polar surface area (TPSA) is 37.0 Å². The maximum absolute atomic E-state index is 12.0. The predicted molar refractivity (Wildman–Crippen MR) is 66.2 cm³/mol. The van der Waals surface area contributed by atoms with Crippen molar-refractivity contribution in [1.29, 1.82) is 0 Å². The van der Waals surface area contributed by atoms with Gasteiger partial charge in [-0.25, -0.2) is 0 Å². The number of rotatable bonds is 5. The molecular weight excluding hydrogens is 262 g/mol. The van der Waals surface area contributed by atoms with Crippen LogP contribution in [0.25, 0.3) is 0 Å². The highest BCUT2D eigenvalue weighted by atomic mass is 35.5. The molecule has 0 fully saturated rings. The van der Waals surface area contributed by atoms with Gasteiger partial charge in [-0.1, -0.05) is 11.6 Å². The minimum absolute atomic E-state index is 0.0288. The van der Waals surface area contributed by atoms with Gasteiger partial charge in [-0.15, -0.1) is 0 Å². The van der Waals surface area contributed by atoms with Gasteiger partial charge in [0.15, 0.2) is 0 Å². The molecule has 1 aromatic carbocycles. The number of H-pyrrole nitrogens is 1. The van der Waals surface area contributed by atoms with Crippen LogP contribution in [-0.4, -0.2) is 11.6 Å². The van der Waals surface area contributed by atoms with Crippen LogP contribution in [0.2, 0.25) is 5.02 Å². The summed E-state index contributed by atoms with van der Waals surface area (Å²) in [7, 11) is 0. The summed E-state index contributed by atoms with van der Waals surface area (Å²) in [6.45, 7) is -2.25. The fraction of sp³-hybridized carbons (Fsp3) is 0.167. The molecule has 2 aromatic rings. The van der Waals surface area contributed by atoms with E-state index in [-0.39, 0.29) is 10.8 Å². The molecule has 0 spiro atoms. The summed E-state index contributed by atoms with van der Waals surface area (Å²) in [5.74, 6) is -0.0288. The van der Waals surface area contributed by atoms with E-state index in [9.17, 15) is 8.78 Å². The Labute approximate surface area is 108 Å². The Kier molecular flexibility index (Phi) is 4.04. The van der Waals surface area contributed by atoms with Crippen LogP contribution < -0.4 is 10.1 Å². The van der Waals surface area contributed by atoms with Crippen molar-refractivity contribution >= 4 is 17.3 Å². The molecule has 2 N–H and O–H groups in total. The van der Waals surface area contributed by atoms with Crippen molar-refractivity contribution in [2.45, 2.75) is 13.2 Å². The Morgan fingerprint density at radius 3 is 2.78 bits per heavy atom. The van der Waals surface area contributed by atoms with Crippen molar-refractivity contribution in [2.75, 3.05) is 5.32 Å². The minimum Gasteiger partial charge on any atom is -0.433 e. The number of ether oxygens (including phenoxy) is 1. The summed E-state index contributed by atoms with van der Waals surface area (Å²) >= 11 is 5.83. The number of anilines is 1. The Morgan fingerprint density at radius 2 is 2.17 bits per heavy atom. The molecule has 0 aliphatic heterocycles. The average Bonchev–Trinajstić information content (AvgIpc) is 2.82. The maximum atomic E-state index is 12.0. The summed E-state index contributed by atoms with van der Waals surface area (Å²) in [5.41, 5.74) is 1.82. The Bertz CT molecular complexity index is 503. The number of hydrogen-bond donors (Lipinski definition) is 2.